The van der Waals surface area contributed by atoms with Gasteiger partial charge in [-0.15, -0.1) is 5.10 Å². The van der Waals surface area contributed by atoms with Gasteiger partial charge in [-0.05, 0) is 24.3 Å². The van der Waals surface area contributed by atoms with Crippen molar-refractivity contribution in [1.29, 1.82) is 0 Å². The fourth-order valence-corrected chi connectivity index (χ4v) is 1.61. The van der Waals surface area contributed by atoms with Gasteiger partial charge in [-0.3, -0.25) is 4.79 Å². The van der Waals surface area contributed by atoms with Crippen molar-refractivity contribution in [1.82, 2.24) is 9.94 Å². The van der Waals surface area contributed by atoms with E-state index in [0.29, 0.717) is 11.5 Å². The van der Waals surface area contributed by atoms with Crippen LogP contribution < -0.4 is 19.9 Å². The molecule has 8 heteroatoms. The van der Waals surface area contributed by atoms with Crippen molar-refractivity contribution in [3.05, 3.63) is 45.8 Å². The Morgan fingerprint density at radius 2 is 1.86 bits per heavy atom. The van der Waals surface area contributed by atoms with Crippen LogP contribution in [-0.4, -0.2) is 31.0 Å². The third-order valence-electron chi connectivity index (χ3n) is 2.43. The van der Waals surface area contributed by atoms with Gasteiger partial charge >= 0.3 is 5.56 Å². The molecule has 7 nitrogen and oxygen atoms in total. The highest BCUT2D eigenvalue weighted by atomic mass is 35.5. The average Bonchev–Trinajstić information content (AvgIpc) is 2.51. The van der Waals surface area contributed by atoms with Crippen LogP contribution in [0.5, 0.6) is 17.2 Å². The number of rotatable bonds is 6. The Kier molecular flexibility index (Phi) is 5.02. The van der Waals surface area contributed by atoms with E-state index in [9.17, 15) is 4.79 Å². The molecule has 0 aliphatic rings. The summed E-state index contributed by atoms with van der Waals surface area (Å²) in [5.41, 5.74) is -0.629. The summed E-state index contributed by atoms with van der Waals surface area (Å²) in [4.78, 5) is 17.8. The lowest BCUT2D eigenvalue weighted by Crippen LogP contribution is -2.30. The van der Waals surface area contributed by atoms with E-state index in [2.05, 4.69) is 5.10 Å². The van der Waals surface area contributed by atoms with Crippen LogP contribution in [0.15, 0.2) is 35.3 Å². The van der Waals surface area contributed by atoms with E-state index in [1.807, 2.05) is 0 Å². The summed E-state index contributed by atoms with van der Waals surface area (Å²) in [6, 6.07) is 6.69. The minimum absolute atomic E-state index is 0.0769. The molecule has 0 spiro atoms. The molecule has 0 N–H and O–H groups in total. The third kappa shape index (κ3) is 3.65. The second-order valence-corrected chi connectivity index (χ2v) is 4.22. The van der Waals surface area contributed by atoms with Crippen molar-refractivity contribution < 1.29 is 19.0 Å². The molecular formula is C13H13ClN2O5. The standard InChI is InChI=1S/C13H13ClN2O5/c1-18-8-20-16-13(17)12(11(14)7-15-16)21-10-5-3-9(19-2)4-6-10/h3-7H,8H2,1-2H3. The van der Waals surface area contributed by atoms with E-state index in [-0.39, 0.29) is 17.6 Å². The first-order valence-corrected chi connectivity index (χ1v) is 6.25. The fraction of sp³-hybridized carbons (Fsp3) is 0.231. The maximum atomic E-state index is 12.1. The molecule has 0 fully saturated rings. The second kappa shape index (κ2) is 6.96. The van der Waals surface area contributed by atoms with Gasteiger partial charge in [0, 0.05) is 7.11 Å². The van der Waals surface area contributed by atoms with Gasteiger partial charge in [0.2, 0.25) is 12.5 Å². The van der Waals surface area contributed by atoms with Gasteiger partial charge in [-0.2, -0.15) is 0 Å². The summed E-state index contributed by atoms with van der Waals surface area (Å²) in [6.07, 6.45) is 1.25. The van der Waals surface area contributed by atoms with E-state index in [0.717, 1.165) is 4.85 Å². The quantitative estimate of drug-likeness (QED) is 0.756. The molecule has 0 unspecified atom stereocenters. The van der Waals surface area contributed by atoms with Crippen molar-refractivity contribution in [3.8, 4) is 17.2 Å². The van der Waals surface area contributed by atoms with Gasteiger partial charge in [0.15, 0.2) is 0 Å². The van der Waals surface area contributed by atoms with Crippen molar-refractivity contribution in [2.75, 3.05) is 21.0 Å². The van der Waals surface area contributed by atoms with E-state index in [1.54, 1.807) is 31.4 Å². The van der Waals surface area contributed by atoms with Crippen molar-refractivity contribution >= 4 is 11.6 Å². The van der Waals surface area contributed by atoms with Crippen LogP contribution in [-0.2, 0) is 4.74 Å². The molecular weight excluding hydrogens is 300 g/mol. The van der Waals surface area contributed by atoms with Crippen LogP contribution in [0.25, 0.3) is 0 Å². The molecule has 1 aromatic carbocycles. The molecule has 21 heavy (non-hydrogen) atoms. The monoisotopic (exact) mass is 312 g/mol. The minimum atomic E-state index is -0.629. The lowest BCUT2D eigenvalue weighted by atomic mass is 10.3. The Hall–Kier alpha value is -2.25. The number of hydrogen-bond acceptors (Lipinski definition) is 6. The summed E-state index contributed by atoms with van der Waals surface area (Å²) in [6.45, 7) is -0.128. The zero-order valence-electron chi connectivity index (χ0n) is 11.4. The number of benzene rings is 1. The van der Waals surface area contributed by atoms with Crippen LogP contribution in [0.2, 0.25) is 5.02 Å². The third-order valence-corrected chi connectivity index (χ3v) is 2.70. The predicted octanol–water partition coefficient (Wildman–Crippen LogP) is 1.73. The first-order valence-electron chi connectivity index (χ1n) is 5.87. The molecule has 0 aliphatic carbocycles. The first-order chi connectivity index (χ1) is 10.2. The van der Waals surface area contributed by atoms with Gasteiger partial charge in [-0.1, -0.05) is 16.4 Å². The molecule has 0 amide bonds. The van der Waals surface area contributed by atoms with Crippen LogP contribution in [0.4, 0.5) is 0 Å². The van der Waals surface area contributed by atoms with Crippen molar-refractivity contribution in [2.24, 2.45) is 0 Å². The maximum absolute atomic E-state index is 12.1. The number of aromatic nitrogens is 2. The molecule has 0 radical (unpaired) electrons. The number of nitrogens with zero attached hydrogens (tertiary/aromatic N) is 2. The molecule has 1 heterocycles. The summed E-state index contributed by atoms with van der Waals surface area (Å²) >= 11 is 5.93. The Morgan fingerprint density at radius 1 is 1.19 bits per heavy atom. The summed E-state index contributed by atoms with van der Waals surface area (Å²) in [7, 11) is 2.98. The SMILES string of the molecule is COCOn1ncc(Cl)c(Oc2ccc(OC)cc2)c1=O. The molecule has 0 saturated heterocycles. The van der Waals surface area contributed by atoms with Gasteiger partial charge in [0.25, 0.3) is 0 Å². The van der Waals surface area contributed by atoms with Gasteiger partial charge in [-0.25, -0.2) is 0 Å². The molecule has 2 aromatic rings. The highest BCUT2D eigenvalue weighted by Gasteiger charge is 2.13. The molecule has 0 saturated carbocycles. The lowest BCUT2D eigenvalue weighted by Gasteiger charge is -2.10. The highest BCUT2D eigenvalue weighted by Crippen LogP contribution is 2.26. The first kappa shape index (κ1) is 15.1. The molecule has 0 aliphatic heterocycles. The zero-order valence-corrected chi connectivity index (χ0v) is 12.2. The van der Waals surface area contributed by atoms with E-state index in [1.165, 1.54) is 13.3 Å². The number of halogens is 1. The van der Waals surface area contributed by atoms with Crippen LogP contribution in [0, 0.1) is 0 Å². The van der Waals surface area contributed by atoms with E-state index in [4.69, 9.17) is 30.6 Å². The zero-order chi connectivity index (χ0) is 15.2. The van der Waals surface area contributed by atoms with Gasteiger partial charge < -0.3 is 19.0 Å². The van der Waals surface area contributed by atoms with Crippen LogP contribution in [0.1, 0.15) is 0 Å². The lowest BCUT2D eigenvalue weighted by molar-refractivity contribution is -0.0571. The topological polar surface area (TPSA) is 71.8 Å². The largest absolute Gasteiger partial charge is 0.497 e. The normalized spacial score (nSPS) is 10.2. The molecule has 2 rings (SSSR count). The summed E-state index contributed by atoms with van der Waals surface area (Å²) < 4.78 is 15.2. The Labute approximate surface area is 125 Å². The highest BCUT2D eigenvalue weighted by molar-refractivity contribution is 6.31. The minimum Gasteiger partial charge on any atom is -0.497 e. The summed E-state index contributed by atoms with van der Waals surface area (Å²) in [5.74, 6) is 1.01. The Bertz CT molecular complexity index is 657. The number of hydrogen-bond donors (Lipinski definition) is 0. The summed E-state index contributed by atoms with van der Waals surface area (Å²) in [5, 5.41) is 3.79. The molecule has 112 valence electrons. The molecule has 1 aromatic heterocycles. The maximum Gasteiger partial charge on any atom is 0.346 e. The average molecular weight is 313 g/mol. The predicted molar refractivity (Wildman–Crippen MR) is 75.0 cm³/mol. The van der Waals surface area contributed by atoms with Gasteiger partial charge in [0.1, 0.15) is 16.5 Å². The van der Waals surface area contributed by atoms with Crippen molar-refractivity contribution in [3.63, 3.8) is 0 Å². The number of methoxy groups -OCH3 is 2. The molecule has 0 atom stereocenters. The fourth-order valence-electron chi connectivity index (χ4n) is 1.45. The van der Waals surface area contributed by atoms with Gasteiger partial charge in [0.05, 0.1) is 13.3 Å². The van der Waals surface area contributed by atoms with Crippen LogP contribution in [0.3, 0.4) is 0 Å². The van der Waals surface area contributed by atoms with Crippen LogP contribution >= 0.6 is 11.6 Å². The van der Waals surface area contributed by atoms with E-state index >= 15 is 0 Å². The second-order valence-electron chi connectivity index (χ2n) is 3.81. The smallest absolute Gasteiger partial charge is 0.346 e. The molecule has 0 bridgehead atoms. The Balaban J connectivity index is 2.27. The van der Waals surface area contributed by atoms with E-state index < -0.39 is 5.56 Å². The van der Waals surface area contributed by atoms with Crippen molar-refractivity contribution in [2.45, 2.75) is 0 Å². The number of ether oxygens (including phenoxy) is 3. The Morgan fingerprint density at radius 3 is 2.48 bits per heavy atom.